The largest absolute Gasteiger partial charge is 0.493 e. The van der Waals surface area contributed by atoms with Crippen LogP contribution in [0.5, 0.6) is 5.75 Å². The summed E-state index contributed by atoms with van der Waals surface area (Å²) >= 11 is 1.31. The number of carbonyl (C=O) groups excluding carboxylic acids is 2. The van der Waals surface area contributed by atoms with Crippen LogP contribution in [0.15, 0.2) is 60.0 Å². The number of para-hydroxylation sites is 1. The Morgan fingerprint density at radius 3 is 2.77 bits per heavy atom. The van der Waals surface area contributed by atoms with Crippen molar-refractivity contribution in [1.82, 2.24) is 20.1 Å². The number of rotatable bonds is 6. The molecule has 0 bridgehead atoms. The second kappa shape index (κ2) is 9.00. The van der Waals surface area contributed by atoms with Crippen molar-refractivity contribution in [3.8, 4) is 5.75 Å². The summed E-state index contributed by atoms with van der Waals surface area (Å²) in [7, 11) is 1.82. The van der Waals surface area contributed by atoms with Crippen molar-refractivity contribution in [2.45, 2.75) is 17.6 Å². The number of anilines is 1. The summed E-state index contributed by atoms with van der Waals surface area (Å²) in [6, 6.07) is 14.5. The lowest BCUT2D eigenvalue weighted by Crippen LogP contribution is -2.32. The summed E-state index contributed by atoms with van der Waals surface area (Å²) in [5.74, 6) is 0.718. The molecule has 1 aliphatic heterocycles. The van der Waals surface area contributed by atoms with E-state index in [1.165, 1.54) is 11.8 Å². The lowest BCUT2D eigenvalue weighted by molar-refractivity contribution is -0.113. The number of nitrogens with zero attached hydrogens (tertiary/aromatic N) is 3. The van der Waals surface area contributed by atoms with Gasteiger partial charge in [-0.1, -0.05) is 30.0 Å². The second-order valence-corrected chi connectivity index (χ2v) is 7.78. The van der Waals surface area contributed by atoms with E-state index in [9.17, 15) is 9.59 Å². The quantitative estimate of drug-likeness (QED) is 0.592. The van der Waals surface area contributed by atoms with Crippen molar-refractivity contribution in [2.24, 2.45) is 7.05 Å². The zero-order valence-corrected chi connectivity index (χ0v) is 17.2. The first-order valence-corrected chi connectivity index (χ1v) is 10.5. The monoisotopic (exact) mass is 423 g/mol. The molecule has 0 saturated heterocycles. The molecule has 0 aliphatic carbocycles. The maximum Gasteiger partial charge on any atom is 0.251 e. The van der Waals surface area contributed by atoms with Gasteiger partial charge in [-0.05, 0) is 30.3 Å². The van der Waals surface area contributed by atoms with E-state index in [4.69, 9.17) is 4.74 Å². The van der Waals surface area contributed by atoms with Crippen molar-refractivity contribution in [3.05, 3.63) is 66.0 Å². The van der Waals surface area contributed by atoms with E-state index in [-0.39, 0.29) is 23.6 Å². The standard InChI is InChI=1S/C21H21N5O3S/c1-26-13-22-25-21(26)30-12-19(27)23-15-8-6-14(7-9-15)20(28)24-17-10-11-29-18-5-3-2-4-16(17)18/h2-9,13,17H,10-12H2,1H3,(H,23,27)(H,24,28)/t17-/m1/s1. The molecular weight excluding hydrogens is 402 g/mol. The Balaban J connectivity index is 1.32. The average Bonchev–Trinajstić information content (AvgIpc) is 3.18. The van der Waals surface area contributed by atoms with Crippen molar-refractivity contribution in [1.29, 1.82) is 0 Å². The summed E-state index contributed by atoms with van der Waals surface area (Å²) in [6.45, 7) is 0.569. The highest BCUT2D eigenvalue weighted by atomic mass is 32.2. The Morgan fingerprint density at radius 1 is 1.20 bits per heavy atom. The molecule has 0 radical (unpaired) electrons. The van der Waals surface area contributed by atoms with Crippen LogP contribution in [0.3, 0.4) is 0 Å². The summed E-state index contributed by atoms with van der Waals surface area (Å²) in [4.78, 5) is 24.8. The van der Waals surface area contributed by atoms with Crippen LogP contribution in [0.25, 0.3) is 0 Å². The molecular formula is C21H21N5O3S. The number of thioether (sulfide) groups is 1. The van der Waals surface area contributed by atoms with E-state index in [1.54, 1.807) is 35.2 Å². The van der Waals surface area contributed by atoms with Crippen molar-refractivity contribution in [2.75, 3.05) is 17.7 Å². The van der Waals surface area contributed by atoms with E-state index in [1.807, 2.05) is 31.3 Å². The lowest BCUT2D eigenvalue weighted by atomic mass is 10.00. The molecule has 2 N–H and O–H groups in total. The second-order valence-electron chi connectivity index (χ2n) is 6.84. The minimum Gasteiger partial charge on any atom is -0.493 e. The molecule has 3 aromatic rings. The van der Waals surface area contributed by atoms with Gasteiger partial charge in [-0.25, -0.2) is 0 Å². The molecule has 2 heterocycles. The van der Waals surface area contributed by atoms with Gasteiger partial charge in [0.05, 0.1) is 18.4 Å². The first-order valence-electron chi connectivity index (χ1n) is 9.49. The van der Waals surface area contributed by atoms with Crippen LogP contribution in [0.4, 0.5) is 5.69 Å². The molecule has 0 spiro atoms. The number of aryl methyl sites for hydroxylation is 1. The molecule has 0 saturated carbocycles. The van der Waals surface area contributed by atoms with Gasteiger partial charge in [-0.3, -0.25) is 9.59 Å². The number of fused-ring (bicyclic) bond motifs is 1. The number of hydrogen-bond donors (Lipinski definition) is 2. The van der Waals surface area contributed by atoms with Gasteiger partial charge in [-0.2, -0.15) is 0 Å². The third kappa shape index (κ3) is 4.62. The molecule has 30 heavy (non-hydrogen) atoms. The molecule has 2 aromatic carbocycles. The van der Waals surface area contributed by atoms with Gasteiger partial charge in [0, 0.05) is 30.3 Å². The van der Waals surface area contributed by atoms with Gasteiger partial charge >= 0.3 is 0 Å². The van der Waals surface area contributed by atoms with E-state index in [2.05, 4.69) is 20.8 Å². The lowest BCUT2D eigenvalue weighted by Gasteiger charge is -2.26. The number of hydrogen-bond acceptors (Lipinski definition) is 6. The molecule has 154 valence electrons. The number of carbonyl (C=O) groups is 2. The molecule has 1 aliphatic rings. The van der Waals surface area contributed by atoms with E-state index in [0.717, 1.165) is 17.7 Å². The minimum atomic E-state index is -0.160. The fourth-order valence-electron chi connectivity index (χ4n) is 3.17. The highest BCUT2D eigenvalue weighted by Crippen LogP contribution is 2.31. The molecule has 0 fully saturated rings. The van der Waals surface area contributed by atoms with Gasteiger partial charge in [0.25, 0.3) is 5.91 Å². The van der Waals surface area contributed by atoms with Gasteiger partial charge in [0.1, 0.15) is 12.1 Å². The molecule has 4 rings (SSSR count). The van der Waals surface area contributed by atoms with Crippen molar-refractivity contribution < 1.29 is 14.3 Å². The summed E-state index contributed by atoms with van der Waals surface area (Å²) in [5.41, 5.74) is 2.15. The van der Waals surface area contributed by atoms with Gasteiger partial charge < -0.3 is 19.9 Å². The van der Waals surface area contributed by atoms with E-state index >= 15 is 0 Å². The van der Waals surface area contributed by atoms with Crippen LogP contribution in [-0.4, -0.2) is 38.9 Å². The van der Waals surface area contributed by atoms with Crippen LogP contribution < -0.4 is 15.4 Å². The Kier molecular flexibility index (Phi) is 5.99. The fourth-order valence-corrected chi connectivity index (χ4v) is 3.86. The van der Waals surface area contributed by atoms with Crippen LogP contribution in [0.2, 0.25) is 0 Å². The molecule has 0 unspecified atom stereocenters. The van der Waals surface area contributed by atoms with Crippen LogP contribution in [0.1, 0.15) is 28.4 Å². The maximum absolute atomic E-state index is 12.7. The third-order valence-corrected chi connectivity index (χ3v) is 5.73. The topological polar surface area (TPSA) is 98.1 Å². The number of nitrogens with one attached hydrogen (secondary N) is 2. The molecule has 2 amide bonds. The average molecular weight is 423 g/mol. The van der Waals surface area contributed by atoms with Gasteiger partial charge in [-0.15, -0.1) is 10.2 Å². The molecule has 8 nitrogen and oxygen atoms in total. The SMILES string of the molecule is Cn1cnnc1SCC(=O)Nc1ccc(C(=O)N[C@@H]2CCOc3ccccc32)cc1. The fraction of sp³-hybridized carbons (Fsp3) is 0.238. The normalized spacial score (nSPS) is 15.0. The zero-order chi connectivity index (χ0) is 20.9. The van der Waals surface area contributed by atoms with Gasteiger partial charge in [0.15, 0.2) is 5.16 Å². The first-order chi connectivity index (χ1) is 14.6. The highest BCUT2D eigenvalue weighted by molar-refractivity contribution is 7.99. The summed E-state index contributed by atoms with van der Waals surface area (Å²) in [6.07, 6.45) is 2.31. The molecule has 9 heteroatoms. The predicted molar refractivity (Wildman–Crippen MR) is 114 cm³/mol. The first kappa shape index (κ1) is 20.0. The van der Waals surface area contributed by atoms with Crippen LogP contribution in [0, 0.1) is 0 Å². The van der Waals surface area contributed by atoms with Crippen molar-refractivity contribution >= 4 is 29.3 Å². The maximum atomic E-state index is 12.7. The zero-order valence-electron chi connectivity index (χ0n) is 16.4. The van der Waals surface area contributed by atoms with E-state index in [0.29, 0.717) is 23.0 Å². The summed E-state index contributed by atoms with van der Waals surface area (Å²) < 4.78 is 7.39. The third-order valence-electron chi connectivity index (χ3n) is 4.70. The smallest absolute Gasteiger partial charge is 0.251 e. The molecule has 1 atom stereocenters. The number of aromatic nitrogens is 3. The van der Waals surface area contributed by atoms with Crippen molar-refractivity contribution in [3.63, 3.8) is 0 Å². The Labute approximate surface area is 178 Å². The van der Waals surface area contributed by atoms with Crippen LogP contribution in [-0.2, 0) is 11.8 Å². The predicted octanol–water partition coefficient (Wildman–Crippen LogP) is 2.80. The Hall–Kier alpha value is -3.33. The highest BCUT2D eigenvalue weighted by Gasteiger charge is 2.23. The Bertz CT molecular complexity index is 1050. The number of benzene rings is 2. The number of amides is 2. The Morgan fingerprint density at radius 2 is 2.00 bits per heavy atom. The van der Waals surface area contributed by atoms with E-state index < -0.39 is 0 Å². The minimum absolute atomic E-state index is 0.0838. The van der Waals surface area contributed by atoms with Gasteiger partial charge in [0.2, 0.25) is 5.91 Å². The van der Waals surface area contributed by atoms with Crippen LogP contribution >= 0.6 is 11.8 Å². The summed E-state index contributed by atoms with van der Waals surface area (Å²) in [5, 5.41) is 14.3. The number of ether oxygens (including phenoxy) is 1. The molecule has 1 aromatic heterocycles.